The number of carbonyl (C=O) groups excluding carboxylic acids is 1. The fourth-order valence-corrected chi connectivity index (χ4v) is 5.85. The lowest BCUT2D eigenvalue weighted by molar-refractivity contribution is -0.0533. The van der Waals surface area contributed by atoms with Gasteiger partial charge in [0.2, 0.25) is 0 Å². The van der Waals surface area contributed by atoms with Crippen LogP contribution in [0.4, 0.5) is 5.82 Å². The van der Waals surface area contributed by atoms with Gasteiger partial charge in [-0.05, 0) is 44.1 Å². The Morgan fingerprint density at radius 2 is 1.90 bits per heavy atom. The number of methoxy groups -OCH3 is 2. The van der Waals surface area contributed by atoms with E-state index in [4.69, 9.17) is 18.9 Å². The Balaban J connectivity index is 1.16. The number of hydrogen-bond acceptors (Lipinski definition) is 9. The summed E-state index contributed by atoms with van der Waals surface area (Å²) < 4.78 is 23.2. The Morgan fingerprint density at radius 1 is 1.08 bits per heavy atom. The third-order valence-corrected chi connectivity index (χ3v) is 8.07. The highest BCUT2D eigenvalue weighted by Crippen LogP contribution is 2.32. The van der Waals surface area contributed by atoms with Crippen LogP contribution in [0.1, 0.15) is 60.7 Å². The summed E-state index contributed by atoms with van der Waals surface area (Å²) in [7, 11) is 3.29. The molecule has 3 aliphatic heterocycles. The number of piperidine rings is 1. The zero-order valence-electron chi connectivity index (χ0n) is 23.0. The number of anilines is 1. The lowest BCUT2D eigenvalue weighted by Gasteiger charge is -2.38. The predicted molar refractivity (Wildman–Crippen MR) is 147 cm³/mol. The Bertz CT molecular complexity index is 1070. The standard InChI is InChI=1S/C29H41N5O5/c1-36-25-18-38-16-13-23(25)33-21-11-14-34(15-12-21)29(35)26-27(37-2)28(32-19-31-26)30-17-22-9-6-10-24(39-22)20-7-4-3-5-8-20/h3-5,7-8,19,21-25,33H,6,9-18H2,1-2H3,(H,30,31,32)/t22-,23+,24+,25-/m1/s1. The van der Waals surface area contributed by atoms with Crippen molar-refractivity contribution in [2.24, 2.45) is 0 Å². The molecule has 10 nitrogen and oxygen atoms in total. The van der Waals surface area contributed by atoms with Gasteiger partial charge in [-0.25, -0.2) is 9.97 Å². The Labute approximate surface area is 230 Å². The Morgan fingerprint density at radius 3 is 2.67 bits per heavy atom. The maximum Gasteiger partial charge on any atom is 0.276 e. The monoisotopic (exact) mass is 539 g/mol. The maximum atomic E-state index is 13.5. The highest BCUT2D eigenvalue weighted by Gasteiger charge is 2.32. The number of rotatable bonds is 9. The number of ether oxygens (including phenoxy) is 4. The van der Waals surface area contributed by atoms with Crippen molar-refractivity contribution in [1.29, 1.82) is 0 Å². The van der Waals surface area contributed by atoms with E-state index in [-0.39, 0.29) is 36.0 Å². The van der Waals surface area contributed by atoms with Crippen LogP contribution in [0.2, 0.25) is 0 Å². The van der Waals surface area contributed by atoms with Crippen molar-refractivity contribution in [1.82, 2.24) is 20.2 Å². The fraction of sp³-hybridized carbons (Fsp3) is 0.621. The van der Waals surface area contributed by atoms with E-state index in [1.54, 1.807) is 14.2 Å². The first-order chi connectivity index (χ1) is 19.2. The van der Waals surface area contributed by atoms with Crippen molar-refractivity contribution in [3.63, 3.8) is 0 Å². The number of benzene rings is 1. The lowest BCUT2D eigenvalue weighted by Crippen LogP contribution is -2.54. The zero-order chi connectivity index (χ0) is 27.0. The van der Waals surface area contributed by atoms with Gasteiger partial charge in [0.1, 0.15) is 6.33 Å². The summed E-state index contributed by atoms with van der Waals surface area (Å²) in [5.74, 6) is 0.765. The Kier molecular flexibility index (Phi) is 9.62. The molecule has 0 spiro atoms. The third-order valence-electron chi connectivity index (χ3n) is 8.07. The minimum atomic E-state index is -0.130. The molecule has 5 rings (SSSR count). The summed E-state index contributed by atoms with van der Waals surface area (Å²) in [6.07, 6.45) is 7.41. The molecule has 0 radical (unpaired) electrons. The van der Waals surface area contributed by atoms with E-state index in [9.17, 15) is 4.79 Å². The van der Waals surface area contributed by atoms with Crippen LogP contribution in [0.3, 0.4) is 0 Å². The van der Waals surface area contributed by atoms with Crippen LogP contribution >= 0.6 is 0 Å². The highest BCUT2D eigenvalue weighted by atomic mass is 16.5. The van der Waals surface area contributed by atoms with Crippen molar-refractivity contribution in [2.45, 2.75) is 68.9 Å². The first-order valence-corrected chi connectivity index (χ1v) is 14.2. The van der Waals surface area contributed by atoms with Gasteiger partial charge in [0.05, 0.1) is 32.0 Å². The van der Waals surface area contributed by atoms with Crippen LogP contribution < -0.4 is 15.4 Å². The van der Waals surface area contributed by atoms with Crippen LogP contribution in [-0.2, 0) is 14.2 Å². The maximum absolute atomic E-state index is 13.5. The molecular weight excluding hydrogens is 498 g/mol. The van der Waals surface area contributed by atoms with E-state index in [1.165, 1.54) is 11.9 Å². The van der Waals surface area contributed by atoms with Gasteiger partial charge < -0.3 is 34.5 Å². The summed E-state index contributed by atoms with van der Waals surface area (Å²) in [5.41, 5.74) is 1.50. The smallest absolute Gasteiger partial charge is 0.276 e. The van der Waals surface area contributed by atoms with Gasteiger partial charge in [0, 0.05) is 45.4 Å². The van der Waals surface area contributed by atoms with Crippen LogP contribution in [0.25, 0.3) is 0 Å². The van der Waals surface area contributed by atoms with Crippen LogP contribution in [0, 0.1) is 0 Å². The zero-order valence-corrected chi connectivity index (χ0v) is 23.0. The van der Waals surface area contributed by atoms with E-state index in [0.717, 1.165) is 45.1 Å². The average molecular weight is 540 g/mol. The molecule has 39 heavy (non-hydrogen) atoms. The largest absolute Gasteiger partial charge is 0.491 e. The molecule has 2 N–H and O–H groups in total. The van der Waals surface area contributed by atoms with E-state index < -0.39 is 0 Å². The van der Waals surface area contributed by atoms with Gasteiger partial charge in [0.15, 0.2) is 17.3 Å². The molecule has 10 heteroatoms. The van der Waals surface area contributed by atoms with E-state index in [2.05, 4.69) is 32.7 Å². The van der Waals surface area contributed by atoms with E-state index in [1.807, 2.05) is 23.1 Å². The molecular formula is C29H41N5O5. The number of nitrogens with zero attached hydrogens (tertiary/aromatic N) is 3. The molecule has 0 saturated carbocycles. The first-order valence-electron chi connectivity index (χ1n) is 14.2. The summed E-state index contributed by atoms with van der Waals surface area (Å²) >= 11 is 0. The molecule has 1 aromatic heterocycles. The van der Waals surface area contributed by atoms with Gasteiger partial charge in [-0.2, -0.15) is 0 Å². The van der Waals surface area contributed by atoms with Gasteiger partial charge in [-0.15, -0.1) is 0 Å². The molecule has 3 saturated heterocycles. The number of amides is 1. The Hall–Kier alpha value is -2.79. The average Bonchev–Trinajstić information content (AvgIpc) is 3.00. The molecule has 4 atom stereocenters. The second kappa shape index (κ2) is 13.5. The minimum Gasteiger partial charge on any atom is -0.491 e. The number of likely N-dealkylation sites (tertiary alicyclic amines) is 1. The first kappa shape index (κ1) is 27.8. The van der Waals surface area contributed by atoms with Crippen molar-refractivity contribution in [3.8, 4) is 5.75 Å². The van der Waals surface area contributed by atoms with Gasteiger partial charge in [-0.1, -0.05) is 30.3 Å². The molecule has 0 aliphatic carbocycles. The second-order valence-electron chi connectivity index (χ2n) is 10.6. The lowest BCUT2D eigenvalue weighted by atomic mass is 9.98. The van der Waals surface area contributed by atoms with Crippen molar-refractivity contribution < 1.29 is 23.7 Å². The van der Waals surface area contributed by atoms with Gasteiger partial charge in [0.25, 0.3) is 5.91 Å². The van der Waals surface area contributed by atoms with Crippen molar-refractivity contribution in [2.75, 3.05) is 52.4 Å². The molecule has 1 aromatic carbocycles. The molecule has 3 fully saturated rings. The number of nitrogens with one attached hydrogen (secondary N) is 2. The summed E-state index contributed by atoms with van der Waals surface area (Å²) in [6, 6.07) is 11.0. The number of aromatic nitrogens is 2. The second-order valence-corrected chi connectivity index (χ2v) is 10.6. The molecule has 212 valence electrons. The molecule has 4 heterocycles. The van der Waals surface area contributed by atoms with Crippen LogP contribution in [-0.4, -0.2) is 92.1 Å². The quantitative estimate of drug-likeness (QED) is 0.497. The van der Waals surface area contributed by atoms with Crippen LogP contribution in [0.5, 0.6) is 5.75 Å². The molecule has 0 bridgehead atoms. The predicted octanol–water partition coefficient (Wildman–Crippen LogP) is 3.21. The van der Waals surface area contributed by atoms with Crippen molar-refractivity contribution in [3.05, 3.63) is 47.9 Å². The number of hydrogen-bond donors (Lipinski definition) is 2. The van der Waals surface area contributed by atoms with E-state index in [0.29, 0.717) is 43.9 Å². The molecule has 1 amide bonds. The third kappa shape index (κ3) is 6.87. The molecule has 0 unspecified atom stereocenters. The highest BCUT2D eigenvalue weighted by molar-refractivity contribution is 5.96. The van der Waals surface area contributed by atoms with Gasteiger partial charge >= 0.3 is 0 Å². The summed E-state index contributed by atoms with van der Waals surface area (Å²) in [5, 5.41) is 7.10. The fourth-order valence-electron chi connectivity index (χ4n) is 5.85. The van der Waals surface area contributed by atoms with Gasteiger partial charge in [-0.3, -0.25) is 4.79 Å². The topological polar surface area (TPSA) is 107 Å². The SMILES string of the molecule is COc1c(NC[C@H]2CCC[C@@H](c3ccccc3)O2)ncnc1C(=O)N1CCC(N[C@H]2CCOC[C@H]2OC)CC1. The van der Waals surface area contributed by atoms with Crippen LogP contribution in [0.15, 0.2) is 36.7 Å². The normalized spacial score (nSPS) is 26.3. The van der Waals surface area contributed by atoms with E-state index >= 15 is 0 Å². The molecule has 2 aromatic rings. The summed E-state index contributed by atoms with van der Waals surface area (Å²) in [6.45, 7) is 3.26. The summed E-state index contributed by atoms with van der Waals surface area (Å²) in [4.78, 5) is 24.0. The van der Waals surface area contributed by atoms with Crippen molar-refractivity contribution >= 4 is 11.7 Å². The number of carbonyl (C=O) groups is 1. The minimum absolute atomic E-state index is 0.0442. The molecule has 3 aliphatic rings.